The van der Waals surface area contributed by atoms with Gasteiger partial charge in [-0.3, -0.25) is 0 Å². The topological polar surface area (TPSA) is 86.4 Å². The van der Waals surface area contributed by atoms with Gasteiger partial charge in [0.25, 0.3) is 0 Å². The molecule has 1 heterocycles. The molecule has 2 aromatic rings. The van der Waals surface area contributed by atoms with Crippen molar-refractivity contribution in [2.24, 2.45) is 10.9 Å². The van der Waals surface area contributed by atoms with Crippen LogP contribution in [0.3, 0.4) is 0 Å². The monoisotopic (exact) mass is 232 g/mol. The van der Waals surface area contributed by atoms with Crippen LogP contribution >= 0.6 is 0 Å². The molecule has 0 aliphatic rings. The zero-order valence-corrected chi connectivity index (χ0v) is 9.33. The SMILES string of the molecule is C/C(Cn1nc(-c2ccccc2)oc1=O)=N/N. The van der Waals surface area contributed by atoms with E-state index < -0.39 is 5.76 Å². The minimum absolute atomic E-state index is 0.228. The van der Waals surface area contributed by atoms with Crippen molar-refractivity contribution >= 4 is 5.71 Å². The lowest BCUT2D eigenvalue weighted by Gasteiger charge is -1.95. The lowest BCUT2D eigenvalue weighted by Crippen LogP contribution is -2.20. The number of benzene rings is 1. The van der Waals surface area contributed by atoms with E-state index in [1.807, 2.05) is 30.3 Å². The van der Waals surface area contributed by atoms with E-state index in [0.29, 0.717) is 11.6 Å². The number of hydrogen-bond acceptors (Lipinski definition) is 5. The Morgan fingerprint density at radius 1 is 1.47 bits per heavy atom. The lowest BCUT2D eigenvalue weighted by molar-refractivity contribution is 0.500. The summed E-state index contributed by atoms with van der Waals surface area (Å²) in [5, 5.41) is 7.55. The smallest absolute Gasteiger partial charge is 0.388 e. The predicted octanol–water partition coefficient (Wildman–Crippen LogP) is 0.838. The Morgan fingerprint density at radius 3 is 2.82 bits per heavy atom. The molecule has 2 N–H and O–H groups in total. The third-order valence-corrected chi connectivity index (χ3v) is 2.23. The van der Waals surface area contributed by atoms with Gasteiger partial charge < -0.3 is 10.3 Å². The maximum Gasteiger partial charge on any atom is 0.437 e. The largest absolute Gasteiger partial charge is 0.437 e. The van der Waals surface area contributed by atoms with Crippen LogP contribution in [-0.2, 0) is 6.54 Å². The van der Waals surface area contributed by atoms with E-state index in [2.05, 4.69) is 10.2 Å². The first-order chi connectivity index (χ1) is 8.20. The molecular weight excluding hydrogens is 220 g/mol. The van der Waals surface area contributed by atoms with Crippen LogP contribution in [0.5, 0.6) is 0 Å². The predicted molar refractivity (Wildman–Crippen MR) is 63.5 cm³/mol. The number of hydrazone groups is 1. The Bertz CT molecular complexity index is 583. The standard InChI is InChI=1S/C11H12N4O2/c1-8(13-12)7-15-11(16)17-10(14-15)9-5-3-2-4-6-9/h2-6H,7,12H2,1H3/b13-8-. The van der Waals surface area contributed by atoms with Gasteiger partial charge in [-0.25, -0.2) is 4.79 Å². The normalized spacial score (nSPS) is 11.7. The maximum atomic E-state index is 11.5. The molecule has 0 saturated heterocycles. The van der Waals surface area contributed by atoms with E-state index >= 15 is 0 Å². The minimum Gasteiger partial charge on any atom is -0.388 e. The molecule has 0 aliphatic carbocycles. The van der Waals surface area contributed by atoms with Gasteiger partial charge in [0.15, 0.2) is 0 Å². The quantitative estimate of drug-likeness (QED) is 0.482. The average Bonchev–Trinajstić information content (AvgIpc) is 2.72. The van der Waals surface area contributed by atoms with Gasteiger partial charge in [0.05, 0.1) is 12.3 Å². The van der Waals surface area contributed by atoms with Crippen LogP contribution in [0.15, 0.2) is 44.6 Å². The van der Waals surface area contributed by atoms with E-state index in [0.717, 1.165) is 5.56 Å². The van der Waals surface area contributed by atoms with Crippen molar-refractivity contribution in [1.29, 1.82) is 0 Å². The van der Waals surface area contributed by atoms with Crippen molar-refractivity contribution in [3.63, 3.8) is 0 Å². The van der Waals surface area contributed by atoms with E-state index in [4.69, 9.17) is 10.3 Å². The number of aromatic nitrogens is 2. The fourth-order valence-corrected chi connectivity index (χ4v) is 1.36. The lowest BCUT2D eigenvalue weighted by atomic mass is 10.2. The van der Waals surface area contributed by atoms with Gasteiger partial charge >= 0.3 is 5.76 Å². The van der Waals surface area contributed by atoms with Gasteiger partial charge in [0.2, 0.25) is 5.89 Å². The van der Waals surface area contributed by atoms with Gasteiger partial charge in [0, 0.05) is 5.56 Å². The molecule has 0 radical (unpaired) electrons. The molecule has 0 amide bonds. The van der Waals surface area contributed by atoms with Gasteiger partial charge in [-0.1, -0.05) is 18.2 Å². The van der Waals surface area contributed by atoms with E-state index in [1.54, 1.807) is 6.92 Å². The molecular formula is C11H12N4O2. The fraction of sp³-hybridized carbons (Fsp3) is 0.182. The molecule has 0 unspecified atom stereocenters. The molecule has 1 aromatic heterocycles. The van der Waals surface area contributed by atoms with Crippen LogP contribution in [-0.4, -0.2) is 15.5 Å². The van der Waals surface area contributed by atoms with Crippen LogP contribution in [0.2, 0.25) is 0 Å². The average molecular weight is 232 g/mol. The number of hydrogen-bond donors (Lipinski definition) is 1. The summed E-state index contributed by atoms with van der Waals surface area (Å²) >= 11 is 0. The molecule has 2 rings (SSSR count). The van der Waals surface area contributed by atoms with Gasteiger partial charge in [-0.15, -0.1) is 5.10 Å². The zero-order chi connectivity index (χ0) is 12.3. The molecule has 6 heteroatoms. The summed E-state index contributed by atoms with van der Waals surface area (Å²) in [4.78, 5) is 11.5. The summed E-state index contributed by atoms with van der Waals surface area (Å²) < 4.78 is 6.24. The van der Waals surface area contributed by atoms with E-state index in [1.165, 1.54) is 4.68 Å². The van der Waals surface area contributed by atoms with Crippen molar-refractivity contribution in [2.45, 2.75) is 13.5 Å². The first-order valence-corrected chi connectivity index (χ1v) is 5.07. The van der Waals surface area contributed by atoms with Crippen LogP contribution in [0.25, 0.3) is 11.5 Å². The summed E-state index contributed by atoms with van der Waals surface area (Å²) in [6.45, 7) is 1.94. The Labute approximate surface area is 97.4 Å². The van der Waals surface area contributed by atoms with Crippen LogP contribution in [0.1, 0.15) is 6.92 Å². The summed E-state index contributed by atoms with van der Waals surface area (Å²) in [5.74, 6) is 4.87. The molecule has 0 spiro atoms. The molecule has 0 bridgehead atoms. The summed E-state index contributed by atoms with van der Waals surface area (Å²) in [7, 11) is 0. The highest BCUT2D eigenvalue weighted by Crippen LogP contribution is 2.13. The molecule has 0 aliphatic heterocycles. The third-order valence-electron chi connectivity index (χ3n) is 2.23. The van der Waals surface area contributed by atoms with Gasteiger partial charge in [0.1, 0.15) is 0 Å². The van der Waals surface area contributed by atoms with Crippen molar-refractivity contribution in [3.8, 4) is 11.5 Å². The highest BCUT2D eigenvalue weighted by Gasteiger charge is 2.10. The fourth-order valence-electron chi connectivity index (χ4n) is 1.36. The first kappa shape index (κ1) is 11.1. The van der Waals surface area contributed by atoms with Crippen LogP contribution in [0.4, 0.5) is 0 Å². The number of rotatable bonds is 3. The molecule has 17 heavy (non-hydrogen) atoms. The van der Waals surface area contributed by atoms with Crippen LogP contribution < -0.4 is 11.6 Å². The van der Waals surface area contributed by atoms with E-state index in [-0.39, 0.29) is 6.54 Å². The Balaban J connectivity index is 2.35. The Hall–Kier alpha value is -2.37. The second-order valence-electron chi connectivity index (χ2n) is 3.56. The first-order valence-electron chi connectivity index (χ1n) is 5.07. The van der Waals surface area contributed by atoms with Gasteiger partial charge in [-0.05, 0) is 19.1 Å². The summed E-state index contributed by atoms with van der Waals surface area (Å²) in [6.07, 6.45) is 0. The van der Waals surface area contributed by atoms with E-state index in [9.17, 15) is 4.79 Å². The summed E-state index contributed by atoms with van der Waals surface area (Å²) in [6, 6.07) is 9.21. The molecule has 0 fully saturated rings. The second-order valence-corrected chi connectivity index (χ2v) is 3.56. The highest BCUT2D eigenvalue weighted by atomic mass is 16.4. The second kappa shape index (κ2) is 4.65. The van der Waals surface area contributed by atoms with Gasteiger partial charge in [-0.2, -0.15) is 9.78 Å². The highest BCUT2D eigenvalue weighted by molar-refractivity contribution is 5.81. The molecule has 0 saturated carbocycles. The number of nitrogens with zero attached hydrogens (tertiary/aromatic N) is 3. The van der Waals surface area contributed by atoms with Crippen molar-refractivity contribution in [1.82, 2.24) is 9.78 Å². The maximum absolute atomic E-state index is 11.5. The van der Waals surface area contributed by atoms with Crippen LogP contribution in [0, 0.1) is 0 Å². The molecule has 1 aromatic carbocycles. The zero-order valence-electron chi connectivity index (χ0n) is 9.33. The van der Waals surface area contributed by atoms with Crippen molar-refractivity contribution in [2.75, 3.05) is 0 Å². The summed E-state index contributed by atoms with van der Waals surface area (Å²) in [5.41, 5.74) is 1.35. The third kappa shape index (κ3) is 2.41. The number of nitrogens with two attached hydrogens (primary N) is 1. The minimum atomic E-state index is -0.521. The van der Waals surface area contributed by atoms with Crippen molar-refractivity contribution < 1.29 is 4.42 Å². The Kier molecular flexibility index (Phi) is 3.04. The molecule has 6 nitrogen and oxygen atoms in total. The molecule has 0 atom stereocenters. The molecule has 88 valence electrons. The Morgan fingerprint density at radius 2 is 2.18 bits per heavy atom. The van der Waals surface area contributed by atoms with Crippen molar-refractivity contribution in [3.05, 3.63) is 40.9 Å².